The zero-order valence-corrected chi connectivity index (χ0v) is 13.5. The summed E-state index contributed by atoms with van der Waals surface area (Å²) in [5.74, 6) is 0.906. The van der Waals surface area contributed by atoms with Crippen molar-refractivity contribution in [3.63, 3.8) is 0 Å². The molecule has 1 aliphatic carbocycles. The van der Waals surface area contributed by atoms with E-state index in [2.05, 4.69) is 21.7 Å². The van der Waals surface area contributed by atoms with Crippen molar-refractivity contribution in [2.45, 2.75) is 40.2 Å². The quantitative estimate of drug-likeness (QED) is 0.632. The molecule has 2 aromatic heterocycles. The van der Waals surface area contributed by atoms with Gasteiger partial charge in [0.1, 0.15) is 0 Å². The number of rotatable bonds is 3. The van der Waals surface area contributed by atoms with Crippen LogP contribution in [0.3, 0.4) is 0 Å². The van der Waals surface area contributed by atoms with Crippen LogP contribution in [0.4, 0.5) is 0 Å². The number of hydrogen-bond acceptors (Lipinski definition) is 2. The van der Waals surface area contributed by atoms with Gasteiger partial charge in [-0.2, -0.15) is 0 Å². The van der Waals surface area contributed by atoms with Crippen molar-refractivity contribution in [1.29, 1.82) is 0 Å². The molecule has 1 aromatic carbocycles. The van der Waals surface area contributed by atoms with Crippen LogP contribution in [0, 0.1) is 5.92 Å². The van der Waals surface area contributed by atoms with Gasteiger partial charge in [-0.15, -0.1) is 0 Å². The van der Waals surface area contributed by atoms with E-state index in [0.29, 0.717) is 0 Å². The van der Waals surface area contributed by atoms with Gasteiger partial charge in [0.2, 0.25) is 0 Å². The first-order chi connectivity index (χ1) is 10.7. The van der Waals surface area contributed by atoms with Gasteiger partial charge in [0.05, 0.1) is 11.7 Å². The van der Waals surface area contributed by atoms with E-state index in [0.717, 1.165) is 23.5 Å². The van der Waals surface area contributed by atoms with E-state index in [4.69, 9.17) is 0 Å². The monoisotopic (exact) mass is 296 g/mol. The molecule has 3 heteroatoms. The molecule has 0 atom stereocenters. The Morgan fingerprint density at radius 1 is 1.23 bits per heavy atom. The van der Waals surface area contributed by atoms with E-state index in [1.54, 1.807) is 6.92 Å². The Morgan fingerprint density at radius 2 is 1.95 bits per heavy atom. The molecular weight excluding hydrogens is 272 g/mol. The minimum absolute atomic E-state index is 0. The van der Waals surface area contributed by atoms with E-state index in [1.807, 2.05) is 38.4 Å². The van der Waals surface area contributed by atoms with Crippen LogP contribution in [0.1, 0.15) is 45.4 Å². The second-order valence-electron chi connectivity index (χ2n) is 5.73. The number of nitrogens with zero attached hydrogens (tertiary/aromatic N) is 2. The number of aromatic nitrogens is 2. The summed E-state index contributed by atoms with van der Waals surface area (Å²) in [6.07, 6.45) is 6.40. The van der Waals surface area contributed by atoms with Crippen LogP contribution in [0.25, 0.3) is 21.8 Å². The van der Waals surface area contributed by atoms with Crippen LogP contribution in [-0.2, 0) is 6.54 Å². The highest BCUT2D eigenvalue weighted by molar-refractivity contribution is 6.09. The molecule has 0 aliphatic heterocycles. The van der Waals surface area contributed by atoms with E-state index in [-0.39, 0.29) is 7.21 Å². The molecule has 1 saturated carbocycles. The lowest BCUT2D eigenvalue weighted by Gasteiger charge is -2.06. The highest BCUT2D eigenvalue weighted by Crippen LogP contribution is 2.35. The normalized spacial score (nSPS) is 14.0. The van der Waals surface area contributed by atoms with Crippen molar-refractivity contribution < 1.29 is 6.22 Å². The van der Waals surface area contributed by atoms with Crippen molar-refractivity contribution in [2.75, 3.05) is 0 Å². The summed E-state index contributed by atoms with van der Waals surface area (Å²) in [6, 6.07) is 8.08. The van der Waals surface area contributed by atoms with E-state index in [9.17, 15) is 4.79 Å². The van der Waals surface area contributed by atoms with Crippen LogP contribution < -0.4 is 0 Å². The van der Waals surface area contributed by atoms with Crippen molar-refractivity contribution >= 4 is 27.6 Å². The molecule has 116 valence electrons. The third kappa shape index (κ3) is 2.52. The molecule has 0 bridgehead atoms. The molecule has 0 spiro atoms. The van der Waals surface area contributed by atoms with Crippen LogP contribution in [0.2, 0.25) is 0 Å². The van der Waals surface area contributed by atoms with Gasteiger partial charge in [0.15, 0.2) is 5.78 Å². The van der Waals surface area contributed by atoms with Gasteiger partial charge >= 0.3 is 0 Å². The zero-order chi connectivity index (χ0) is 15.7. The molecule has 0 saturated heterocycles. The lowest BCUT2D eigenvalue weighted by molar-refractivity contribution is 0.101. The number of pyridine rings is 1. The SMILES string of the molecule is CC.CC(=O)c1ccc2c3ccncc3n(CC3CC3)c2c1.[HH]. The van der Waals surface area contributed by atoms with Gasteiger partial charge in [0.25, 0.3) is 0 Å². The Hall–Kier alpha value is -2.16. The van der Waals surface area contributed by atoms with E-state index >= 15 is 0 Å². The van der Waals surface area contributed by atoms with Gasteiger partial charge in [-0.3, -0.25) is 9.78 Å². The second-order valence-corrected chi connectivity index (χ2v) is 5.73. The van der Waals surface area contributed by atoms with Crippen molar-refractivity contribution in [1.82, 2.24) is 9.55 Å². The third-order valence-electron chi connectivity index (χ3n) is 4.21. The fourth-order valence-electron chi connectivity index (χ4n) is 2.92. The molecule has 0 unspecified atom stereocenters. The van der Waals surface area contributed by atoms with Gasteiger partial charge < -0.3 is 4.57 Å². The minimum Gasteiger partial charge on any atom is -0.339 e. The fraction of sp³-hybridized carbons (Fsp3) is 0.368. The number of fused-ring (bicyclic) bond motifs is 3. The van der Waals surface area contributed by atoms with Crippen LogP contribution in [0.15, 0.2) is 36.7 Å². The summed E-state index contributed by atoms with van der Waals surface area (Å²) in [6.45, 7) is 6.66. The summed E-state index contributed by atoms with van der Waals surface area (Å²) in [5, 5.41) is 2.44. The molecule has 22 heavy (non-hydrogen) atoms. The molecule has 3 nitrogen and oxygen atoms in total. The Bertz CT molecular complexity index is 834. The number of hydrogen-bond donors (Lipinski definition) is 0. The van der Waals surface area contributed by atoms with Crippen LogP contribution in [-0.4, -0.2) is 15.3 Å². The molecule has 0 N–H and O–H groups in total. The largest absolute Gasteiger partial charge is 0.339 e. The fourth-order valence-corrected chi connectivity index (χ4v) is 2.92. The number of Topliss-reactive ketones (excluding diaryl/α,β-unsaturated/α-hetero) is 1. The number of carbonyl (C=O) groups is 1. The Kier molecular flexibility index (Phi) is 3.97. The number of ketones is 1. The Balaban J connectivity index is 0.000000617. The van der Waals surface area contributed by atoms with E-state index < -0.39 is 0 Å². The maximum absolute atomic E-state index is 11.6. The van der Waals surface area contributed by atoms with Crippen molar-refractivity contribution in [2.24, 2.45) is 5.92 Å². The Morgan fingerprint density at radius 3 is 2.64 bits per heavy atom. The summed E-state index contributed by atoms with van der Waals surface area (Å²) in [4.78, 5) is 15.9. The average Bonchev–Trinajstić information content (AvgIpc) is 3.33. The summed E-state index contributed by atoms with van der Waals surface area (Å²) >= 11 is 0. The molecule has 1 fully saturated rings. The van der Waals surface area contributed by atoms with Crippen LogP contribution >= 0.6 is 0 Å². The smallest absolute Gasteiger partial charge is 0.159 e. The summed E-state index contributed by atoms with van der Waals surface area (Å²) in [7, 11) is 0. The van der Waals surface area contributed by atoms with Gasteiger partial charge in [0, 0.05) is 36.0 Å². The second kappa shape index (κ2) is 5.91. The van der Waals surface area contributed by atoms with Gasteiger partial charge in [-0.1, -0.05) is 26.0 Å². The lowest BCUT2D eigenvalue weighted by Crippen LogP contribution is -2.00. The average molecular weight is 296 g/mol. The first kappa shape index (κ1) is 14.8. The molecule has 2 heterocycles. The standard InChI is InChI=1S/C17H16N2O.C2H6.H2/c1-11(20)13-4-5-14-15-6-7-18-9-17(15)19(16(14)8-13)10-12-2-3-12;1-2;/h4-9,12H,2-3,10H2,1H3;1-2H3;1H. The molecule has 0 amide bonds. The molecular formula is C19H24N2O. The zero-order valence-electron chi connectivity index (χ0n) is 13.5. The molecule has 4 rings (SSSR count). The first-order valence-electron chi connectivity index (χ1n) is 8.11. The highest BCUT2D eigenvalue weighted by Gasteiger charge is 2.24. The minimum atomic E-state index is 0. The molecule has 0 radical (unpaired) electrons. The predicted octanol–water partition coefficient (Wildman–Crippen LogP) is 5.07. The summed E-state index contributed by atoms with van der Waals surface area (Å²) < 4.78 is 2.34. The number of benzene rings is 1. The maximum Gasteiger partial charge on any atom is 0.159 e. The first-order valence-corrected chi connectivity index (χ1v) is 8.11. The molecule has 3 aromatic rings. The number of carbonyl (C=O) groups excluding carboxylic acids is 1. The van der Waals surface area contributed by atoms with E-state index in [1.165, 1.54) is 29.1 Å². The Labute approximate surface area is 132 Å². The maximum atomic E-state index is 11.6. The van der Waals surface area contributed by atoms with Gasteiger partial charge in [-0.25, -0.2) is 0 Å². The topological polar surface area (TPSA) is 34.9 Å². The summed E-state index contributed by atoms with van der Waals surface area (Å²) in [5.41, 5.74) is 3.12. The van der Waals surface area contributed by atoms with Gasteiger partial charge in [-0.05, 0) is 37.8 Å². The third-order valence-corrected chi connectivity index (χ3v) is 4.21. The highest BCUT2D eigenvalue weighted by atomic mass is 16.1. The molecule has 1 aliphatic rings. The lowest BCUT2D eigenvalue weighted by atomic mass is 10.1. The predicted molar refractivity (Wildman–Crippen MR) is 93.4 cm³/mol. The van der Waals surface area contributed by atoms with Crippen molar-refractivity contribution in [3.05, 3.63) is 42.2 Å². The van der Waals surface area contributed by atoms with Crippen molar-refractivity contribution in [3.8, 4) is 0 Å². The van der Waals surface area contributed by atoms with Crippen LogP contribution in [0.5, 0.6) is 0 Å².